The van der Waals surface area contributed by atoms with E-state index >= 15 is 0 Å². The molecule has 0 bridgehead atoms. The number of piperazine rings is 1. The zero-order valence-corrected chi connectivity index (χ0v) is 21.8. The normalized spacial score (nSPS) is 19.1. The monoisotopic (exact) mass is 568 g/mol. The van der Waals surface area contributed by atoms with Crippen LogP contribution in [-0.4, -0.2) is 80.8 Å². The van der Waals surface area contributed by atoms with Gasteiger partial charge in [-0.25, -0.2) is 8.42 Å². The van der Waals surface area contributed by atoms with E-state index in [-0.39, 0.29) is 42.4 Å². The molecule has 8 nitrogen and oxygen atoms in total. The molecule has 1 aliphatic heterocycles. The van der Waals surface area contributed by atoms with Gasteiger partial charge >= 0.3 is 0 Å². The van der Waals surface area contributed by atoms with E-state index in [2.05, 4.69) is 10.2 Å². The van der Waals surface area contributed by atoms with Gasteiger partial charge < -0.3 is 19.4 Å². The number of hydrogen-bond acceptors (Lipinski definition) is 5. The largest absolute Gasteiger partial charge is 0.469 e. The zero-order valence-electron chi connectivity index (χ0n) is 18.7. The maximum Gasteiger partial charge on any atom is 0.216 e. The maximum atomic E-state index is 12.6. The van der Waals surface area contributed by atoms with Crippen molar-refractivity contribution in [3.63, 3.8) is 0 Å². The van der Waals surface area contributed by atoms with E-state index in [1.54, 1.807) is 10.6 Å². The summed E-state index contributed by atoms with van der Waals surface area (Å²) in [5.74, 6) is 1.86. The lowest BCUT2D eigenvalue weighted by Gasteiger charge is -2.36. The quantitative estimate of drug-likeness (QED) is 0.280. The molecule has 2 heterocycles. The van der Waals surface area contributed by atoms with Crippen molar-refractivity contribution in [2.45, 2.75) is 58.1 Å². The molecule has 10 heteroatoms. The third-order valence-corrected chi connectivity index (χ3v) is 7.45. The summed E-state index contributed by atoms with van der Waals surface area (Å²) in [5.41, 5.74) is 0. The standard InChI is InChI=1S/C21H36N4O4S.HI/c1-18(2)28-16-17-30(26,27)25-13-11-24(12-14-25)21(23-19-6-3-4-7-19)22-10-9-20-8-5-15-29-20;/h5,8,15,18-19H,3-4,6-7,9-14,16-17H2,1-2H3,(H,22,23);1H. The van der Waals surface area contributed by atoms with Crippen LogP contribution >= 0.6 is 24.0 Å². The molecule has 1 saturated heterocycles. The van der Waals surface area contributed by atoms with E-state index in [0.29, 0.717) is 38.8 Å². The van der Waals surface area contributed by atoms with Gasteiger partial charge in [-0.2, -0.15) is 4.31 Å². The van der Waals surface area contributed by atoms with E-state index < -0.39 is 10.0 Å². The number of sulfonamides is 1. The van der Waals surface area contributed by atoms with Crippen LogP contribution in [0.2, 0.25) is 0 Å². The van der Waals surface area contributed by atoms with Crippen molar-refractivity contribution in [2.75, 3.05) is 45.1 Å². The smallest absolute Gasteiger partial charge is 0.216 e. The molecule has 2 fully saturated rings. The fourth-order valence-corrected chi connectivity index (χ4v) is 5.20. The number of nitrogens with zero attached hydrogens (tertiary/aromatic N) is 3. The summed E-state index contributed by atoms with van der Waals surface area (Å²) in [6, 6.07) is 4.32. The average molecular weight is 569 g/mol. The summed E-state index contributed by atoms with van der Waals surface area (Å²) in [4.78, 5) is 7.02. The molecule has 178 valence electrons. The lowest BCUT2D eigenvalue weighted by molar-refractivity contribution is 0.0904. The van der Waals surface area contributed by atoms with Gasteiger partial charge in [0.05, 0.1) is 24.7 Å². The van der Waals surface area contributed by atoms with Crippen LogP contribution < -0.4 is 5.32 Å². The second kappa shape index (κ2) is 13.0. The Morgan fingerprint density at radius 2 is 1.97 bits per heavy atom. The van der Waals surface area contributed by atoms with Crippen molar-refractivity contribution in [3.05, 3.63) is 24.2 Å². The van der Waals surface area contributed by atoms with Crippen molar-refractivity contribution in [1.82, 2.24) is 14.5 Å². The fourth-order valence-electron chi connectivity index (χ4n) is 3.91. The molecule has 0 amide bonds. The van der Waals surface area contributed by atoms with Crippen LogP contribution in [0.4, 0.5) is 0 Å². The van der Waals surface area contributed by atoms with Gasteiger partial charge in [-0.15, -0.1) is 24.0 Å². The van der Waals surface area contributed by atoms with Crippen LogP contribution in [0.1, 0.15) is 45.3 Å². The predicted octanol–water partition coefficient (Wildman–Crippen LogP) is 2.70. The maximum absolute atomic E-state index is 12.6. The lowest BCUT2D eigenvalue weighted by Crippen LogP contribution is -2.55. The Bertz CT molecular complexity index is 756. The Morgan fingerprint density at radius 1 is 1.26 bits per heavy atom. The Balaban J connectivity index is 0.00000341. The molecule has 0 atom stereocenters. The van der Waals surface area contributed by atoms with Crippen LogP contribution in [0.15, 0.2) is 27.8 Å². The fraction of sp³-hybridized carbons (Fsp3) is 0.762. The van der Waals surface area contributed by atoms with E-state index in [1.165, 1.54) is 25.7 Å². The van der Waals surface area contributed by atoms with E-state index in [1.807, 2.05) is 26.0 Å². The highest BCUT2D eigenvalue weighted by Gasteiger charge is 2.29. The third kappa shape index (κ3) is 8.54. The summed E-state index contributed by atoms with van der Waals surface area (Å²) in [6.45, 7) is 6.95. The van der Waals surface area contributed by atoms with Gasteiger partial charge in [-0.1, -0.05) is 12.8 Å². The predicted molar refractivity (Wildman–Crippen MR) is 134 cm³/mol. The van der Waals surface area contributed by atoms with Crippen molar-refractivity contribution in [3.8, 4) is 0 Å². The molecule has 0 unspecified atom stereocenters. The van der Waals surface area contributed by atoms with Crippen LogP contribution in [-0.2, 0) is 21.2 Å². The van der Waals surface area contributed by atoms with Gasteiger partial charge in [-0.3, -0.25) is 4.99 Å². The Morgan fingerprint density at radius 3 is 2.58 bits per heavy atom. The summed E-state index contributed by atoms with van der Waals surface area (Å²) < 4.78 is 37.6. The molecule has 1 aliphatic carbocycles. The number of hydrogen-bond donors (Lipinski definition) is 1. The van der Waals surface area contributed by atoms with Crippen molar-refractivity contribution >= 4 is 40.0 Å². The van der Waals surface area contributed by atoms with Gasteiger partial charge in [0.2, 0.25) is 10.0 Å². The molecular weight excluding hydrogens is 531 g/mol. The van der Waals surface area contributed by atoms with E-state index in [4.69, 9.17) is 14.1 Å². The third-order valence-electron chi connectivity index (χ3n) is 5.61. The molecule has 1 aromatic rings. The second-order valence-electron chi connectivity index (χ2n) is 8.28. The first-order valence-corrected chi connectivity index (χ1v) is 12.7. The second-order valence-corrected chi connectivity index (χ2v) is 10.4. The highest BCUT2D eigenvalue weighted by Crippen LogP contribution is 2.18. The molecule has 0 radical (unpaired) electrons. The number of nitrogens with one attached hydrogen (secondary N) is 1. The van der Waals surface area contributed by atoms with Gasteiger partial charge in [-0.05, 0) is 38.8 Å². The first-order chi connectivity index (χ1) is 14.4. The molecule has 3 rings (SSSR count). The number of halogens is 1. The summed E-state index contributed by atoms with van der Waals surface area (Å²) in [5, 5.41) is 3.62. The SMILES string of the molecule is CC(C)OCCS(=O)(=O)N1CCN(C(=NCCc2ccco2)NC2CCCC2)CC1.I. The molecule has 0 aromatic carbocycles. The zero-order chi connectivity index (χ0) is 21.4. The Hall–Kier alpha value is -0.850. The number of furan rings is 1. The topological polar surface area (TPSA) is 87.4 Å². The number of ether oxygens (including phenoxy) is 1. The Labute approximate surface area is 203 Å². The van der Waals surface area contributed by atoms with Crippen LogP contribution in [0, 0.1) is 0 Å². The van der Waals surface area contributed by atoms with Gasteiger partial charge in [0.15, 0.2) is 5.96 Å². The minimum absolute atomic E-state index is 0. The summed E-state index contributed by atoms with van der Waals surface area (Å²) in [7, 11) is -3.29. The molecule has 31 heavy (non-hydrogen) atoms. The minimum atomic E-state index is -3.29. The molecule has 0 spiro atoms. The highest BCUT2D eigenvalue weighted by molar-refractivity contribution is 14.0. The van der Waals surface area contributed by atoms with E-state index in [0.717, 1.165) is 18.1 Å². The summed E-state index contributed by atoms with van der Waals surface area (Å²) >= 11 is 0. The molecule has 1 aromatic heterocycles. The van der Waals surface area contributed by atoms with Crippen LogP contribution in [0.25, 0.3) is 0 Å². The van der Waals surface area contributed by atoms with Crippen molar-refractivity contribution in [2.24, 2.45) is 4.99 Å². The average Bonchev–Trinajstić information content (AvgIpc) is 3.41. The molecular formula is C21H37IN4O4S. The van der Waals surface area contributed by atoms with Gasteiger partial charge in [0.25, 0.3) is 0 Å². The van der Waals surface area contributed by atoms with Crippen LogP contribution in [0.3, 0.4) is 0 Å². The van der Waals surface area contributed by atoms with Gasteiger partial charge in [0, 0.05) is 45.2 Å². The minimum Gasteiger partial charge on any atom is -0.469 e. The first kappa shape index (κ1) is 26.4. The first-order valence-electron chi connectivity index (χ1n) is 11.1. The molecule has 2 aliphatic rings. The van der Waals surface area contributed by atoms with Crippen molar-refractivity contribution in [1.29, 1.82) is 0 Å². The van der Waals surface area contributed by atoms with Gasteiger partial charge in [0.1, 0.15) is 5.76 Å². The van der Waals surface area contributed by atoms with E-state index in [9.17, 15) is 8.42 Å². The molecule has 1 N–H and O–H groups in total. The number of aliphatic imine (C=N–C) groups is 1. The van der Waals surface area contributed by atoms with Crippen molar-refractivity contribution < 1.29 is 17.6 Å². The number of guanidine groups is 1. The summed E-state index contributed by atoms with van der Waals surface area (Å²) in [6.07, 6.45) is 7.32. The highest BCUT2D eigenvalue weighted by atomic mass is 127. The van der Waals surface area contributed by atoms with Crippen LogP contribution in [0.5, 0.6) is 0 Å². The number of rotatable bonds is 9. The Kier molecular flexibility index (Phi) is 11.1. The molecule has 1 saturated carbocycles. The lowest BCUT2D eigenvalue weighted by atomic mass is 10.2.